The summed E-state index contributed by atoms with van der Waals surface area (Å²) in [5.41, 5.74) is 1.36. The van der Waals surface area contributed by atoms with E-state index in [-0.39, 0.29) is 25.8 Å². The average molecular weight is 283 g/mol. The highest BCUT2D eigenvalue weighted by Crippen LogP contribution is 2.35. The third-order valence-electron chi connectivity index (χ3n) is 1.86. The van der Waals surface area contributed by atoms with Crippen LogP contribution in [0.1, 0.15) is 12.8 Å². The van der Waals surface area contributed by atoms with Crippen molar-refractivity contribution in [1.29, 1.82) is 0 Å². The number of hydroxylamine groups is 3. The van der Waals surface area contributed by atoms with Crippen LogP contribution in [-0.4, -0.2) is 63.8 Å². The Morgan fingerprint density at radius 1 is 1.33 bits per heavy atom. The van der Waals surface area contributed by atoms with Crippen LogP contribution >= 0.6 is 7.37 Å². The van der Waals surface area contributed by atoms with E-state index < -0.39 is 19.2 Å². The van der Waals surface area contributed by atoms with Gasteiger partial charge in [0.2, 0.25) is 19.2 Å². The van der Waals surface area contributed by atoms with E-state index >= 15 is 0 Å². The van der Waals surface area contributed by atoms with E-state index in [1.165, 1.54) is 24.1 Å². The van der Waals surface area contributed by atoms with Gasteiger partial charge in [0.05, 0.1) is 6.29 Å². The Bertz CT molecular complexity index is 344. The van der Waals surface area contributed by atoms with Crippen molar-refractivity contribution < 1.29 is 29.5 Å². The molecule has 0 heterocycles. The summed E-state index contributed by atoms with van der Waals surface area (Å²) in [6, 6.07) is 0. The van der Waals surface area contributed by atoms with Gasteiger partial charge in [-0.05, 0) is 7.05 Å². The summed E-state index contributed by atoms with van der Waals surface area (Å²) in [7, 11) is -1.80. The van der Waals surface area contributed by atoms with Gasteiger partial charge in [0.1, 0.15) is 6.67 Å². The molecule has 0 radical (unpaired) electrons. The van der Waals surface area contributed by atoms with E-state index in [0.717, 1.165) is 0 Å². The first kappa shape index (κ1) is 17.0. The topological polar surface area (TPSA) is 130 Å². The zero-order valence-electron chi connectivity index (χ0n) is 10.2. The standard InChI is InChI=1S/C8H18N3O6P/c1-10(6-18(2,16)17)5-11(15)8(13)4-3-7(12)9-14/h14-15H,3-6H2,1-2H3,(H,9,12)(H,16,17). The van der Waals surface area contributed by atoms with Crippen LogP contribution in [0.3, 0.4) is 0 Å². The molecule has 0 aromatic rings. The van der Waals surface area contributed by atoms with Crippen LogP contribution in [0.4, 0.5) is 0 Å². The summed E-state index contributed by atoms with van der Waals surface area (Å²) in [6.07, 6.45) is -0.712. The van der Waals surface area contributed by atoms with Crippen molar-refractivity contribution in [2.45, 2.75) is 12.8 Å². The monoisotopic (exact) mass is 283 g/mol. The van der Waals surface area contributed by atoms with Gasteiger partial charge in [-0.15, -0.1) is 0 Å². The summed E-state index contributed by atoms with van der Waals surface area (Å²) in [4.78, 5) is 32.4. The van der Waals surface area contributed by atoms with Gasteiger partial charge in [0.15, 0.2) is 0 Å². The van der Waals surface area contributed by atoms with Gasteiger partial charge in [0.25, 0.3) is 0 Å². The number of nitrogens with one attached hydrogen (secondary N) is 1. The van der Waals surface area contributed by atoms with Crippen LogP contribution in [0, 0.1) is 0 Å². The molecular weight excluding hydrogens is 265 g/mol. The molecule has 10 heteroatoms. The zero-order valence-corrected chi connectivity index (χ0v) is 11.1. The predicted octanol–water partition coefficient (Wildman–Crippen LogP) is -0.763. The van der Waals surface area contributed by atoms with E-state index in [4.69, 9.17) is 10.1 Å². The smallest absolute Gasteiger partial charge is 0.247 e. The molecule has 0 aliphatic rings. The zero-order chi connectivity index (χ0) is 14.3. The summed E-state index contributed by atoms with van der Waals surface area (Å²) in [5.74, 6) is -1.46. The second kappa shape index (κ2) is 7.45. The third-order valence-corrected chi connectivity index (χ3v) is 2.87. The lowest BCUT2D eigenvalue weighted by atomic mass is 10.3. The first-order valence-corrected chi connectivity index (χ1v) is 7.35. The fraction of sp³-hybridized carbons (Fsp3) is 0.750. The average Bonchev–Trinajstić information content (AvgIpc) is 2.22. The Labute approximate surface area is 104 Å². The SMILES string of the molecule is CN(CN(O)C(=O)CCC(=O)NO)CP(C)(=O)O. The quantitative estimate of drug-likeness (QED) is 0.209. The van der Waals surface area contributed by atoms with Crippen molar-refractivity contribution in [3.8, 4) is 0 Å². The second-order valence-electron chi connectivity index (χ2n) is 4.02. The summed E-state index contributed by atoms with van der Waals surface area (Å²) in [5, 5.41) is 17.9. The Kier molecular flexibility index (Phi) is 7.04. The first-order chi connectivity index (χ1) is 8.15. The molecule has 18 heavy (non-hydrogen) atoms. The molecular formula is C8H18N3O6P. The third kappa shape index (κ3) is 8.15. The van der Waals surface area contributed by atoms with Crippen molar-refractivity contribution in [3.63, 3.8) is 0 Å². The molecule has 0 bridgehead atoms. The Morgan fingerprint density at radius 3 is 2.33 bits per heavy atom. The van der Waals surface area contributed by atoms with E-state index in [1.807, 2.05) is 0 Å². The summed E-state index contributed by atoms with van der Waals surface area (Å²) < 4.78 is 11.1. The molecule has 1 unspecified atom stereocenters. The number of carbonyl (C=O) groups is 2. The maximum Gasteiger partial charge on any atom is 0.247 e. The molecule has 0 aliphatic carbocycles. The van der Waals surface area contributed by atoms with Crippen LogP contribution in [0.25, 0.3) is 0 Å². The fourth-order valence-electron chi connectivity index (χ4n) is 1.21. The molecule has 0 aromatic carbocycles. The van der Waals surface area contributed by atoms with Gasteiger partial charge >= 0.3 is 0 Å². The lowest BCUT2D eigenvalue weighted by molar-refractivity contribution is -0.173. The van der Waals surface area contributed by atoms with E-state index in [1.54, 1.807) is 0 Å². The van der Waals surface area contributed by atoms with Gasteiger partial charge in [-0.25, -0.2) is 10.5 Å². The van der Waals surface area contributed by atoms with Crippen molar-refractivity contribution in [1.82, 2.24) is 15.4 Å². The normalized spacial score (nSPS) is 14.1. The van der Waals surface area contributed by atoms with Gasteiger partial charge in [0, 0.05) is 19.5 Å². The van der Waals surface area contributed by atoms with Crippen molar-refractivity contribution in [2.75, 3.05) is 26.7 Å². The minimum absolute atomic E-state index is 0.172. The highest BCUT2D eigenvalue weighted by Gasteiger charge is 2.18. The van der Waals surface area contributed by atoms with Crippen LogP contribution in [0.5, 0.6) is 0 Å². The summed E-state index contributed by atoms with van der Waals surface area (Å²) >= 11 is 0. The molecule has 0 fully saturated rings. The van der Waals surface area contributed by atoms with Gasteiger partial charge in [-0.1, -0.05) is 0 Å². The number of hydrogen-bond acceptors (Lipinski definition) is 6. The first-order valence-electron chi connectivity index (χ1n) is 5.05. The molecule has 0 aromatic heterocycles. The number of rotatable bonds is 7. The molecule has 9 nitrogen and oxygen atoms in total. The maximum absolute atomic E-state index is 11.3. The molecule has 0 spiro atoms. The maximum atomic E-state index is 11.3. The lowest BCUT2D eigenvalue weighted by Crippen LogP contribution is -2.38. The summed E-state index contributed by atoms with van der Waals surface area (Å²) in [6.45, 7) is 0.913. The molecule has 4 N–H and O–H groups in total. The molecule has 0 saturated heterocycles. The van der Waals surface area contributed by atoms with Crippen LogP contribution in [0.2, 0.25) is 0 Å². The van der Waals surface area contributed by atoms with Crippen LogP contribution in [0.15, 0.2) is 0 Å². The Morgan fingerprint density at radius 2 is 1.89 bits per heavy atom. The highest BCUT2D eigenvalue weighted by molar-refractivity contribution is 7.57. The molecule has 0 saturated carbocycles. The fourth-order valence-corrected chi connectivity index (χ4v) is 2.19. The molecule has 106 valence electrons. The van der Waals surface area contributed by atoms with Crippen molar-refractivity contribution in [2.24, 2.45) is 0 Å². The van der Waals surface area contributed by atoms with Gasteiger partial charge in [-0.3, -0.25) is 29.5 Å². The van der Waals surface area contributed by atoms with Crippen molar-refractivity contribution >= 4 is 19.2 Å². The highest BCUT2D eigenvalue weighted by atomic mass is 31.2. The number of hydrogen-bond donors (Lipinski definition) is 4. The van der Waals surface area contributed by atoms with Gasteiger partial charge < -0.3 is 4.89 Å². The number of nitrogens with zero attached hydrogens (tertiary/aromatic N) is 2. The lowest BCUT2D eigenvalue weighted by Gasteiger charge is -2.23. The molecule has 1 atom stereocenters. The van der Waals surface area contributed by atoms with Crippen molar-refractivity contribution in [3.05, 3.63) is 0 Å². The largest absolute Gasteiger partial charge is 0.344 e. The van der Waals surface area contributed by atoms with Crippen LogP contribution < -0.4 is 5.48 Å². The predicted molar refractivity (Wildman–Crippen MR) is 61.0 cm³/mol. The number of amides is 2. The minimum atomic E-state index is -3.26. The van der Waals surface area contributed by atoms with E-state index in [0.29, 0.717) is 5.06 Å². The minimum Gasteiger partial charge on any atom is -0.344 e. The molecule has 0 aliphatic heterocycles. The molecule has 2 amide bonds. The number of carbonyl (C=O) groups excluding carboxylic acids is 2. The van der Waals surface area contributed by atoms with Gasteiger partial charge in [-0.2, -0.15) is 0 Å². The van der Waals surface area contributed by atoms with E-state index in [9.17, 15) is 19.4 Å². The Balaban J connectivity index is 4.08. The Hall–Kier alpha value is -0.990. The molecule has 0 rings (SSSR count). The second-order valence-corrected chi connectivity index (χ2v) is 6.40. The van der Waals surface area contributed by atoms with Crippen LogP contribution in [-0.2, 0) is 14.2 Å². The van der Waals surface area contributed by atoms with E-state index in [2.05, 4.69) is 0 Å².